The van der Waals surface area contributed by atoms with Gasteiger partial charge in [0.1, 0.15) is 16.5 Å². The van der Waals surface area contributed by atoms with Crippen molar-refractivity contribution in [3.8, 4) is 11.4 Å². The average Bonchev–Trinajstić information content (AvgIpc) is 3.33. The number of anilines is 1. The molecule has 1 aromatic carbocycles. The Balaban J connectivity index is 1.83. The molecule has 4 rings (SSSR count). The van der Waals surface area contributed by atoms with Crippen molar-refractivity contribution in [2.75, 3.05) is 5.32 Å². The van der Waals surface area contributed by atoms with Gasteiger partial charge in [0.25, 0.3) is 5.91 Å². The van der Waals surface area contributed by atoms with Crippen LogP contribution in [0.4, 0.5) is 18.3 Å². The summed E-state index contributed by atoms with van der Waals surface area (Å²) in [6, 6.07) is 4.71. The van der Waals surface area contributed by atoms with Gasteiger partial charge in [-0.15, -0.1) is 11.3 Å². The molecule has 1 amide bonds. The average molecular weight is 427 g/mol. The van der Waals surface area contributed by atoms with Gasteiger partial charge >= 0.3 is 6.18 Å². The summed E-state index contributed by atoms with van der Waals surface area (Å²) in [5.74, 6) is -0.609. The van der Waals surface area contributed by atoms with Crippen LogP contribution >= 0.6 is 22.9 Å². The van der Waals surface area contributed by atoms with Crippen molar-refractivity contribution in [2.24, 2.45) is 7.05 Å². The van der Waals surface area contributed by atoms with Gasteiger partial charge in [0.2, 0.25) is 0 Å². The van der Waals surface area contributed by atoms with Crippen molar-refractivity contribution in [1.82, 2.24) is 24.7 Å². The number of aromatic nitrogens is 5. The van der Waals surface area contributed by atoms with Crippen molar-refractivity contribution < 1.29 is 18.0 Å². The minimum Gasteiger partial charge on any atom is -0.338 e. The number of aryl methyl sites for hydroxylation is 1. The van der Waals surface area contributed by atoms with Crippen LogP contribution in [0.2, 0.25) is 5.15 Å². The number of hydrogen-bond donors (Lipinski definition) is 2. The summed E-state index contributed by atoms with van der Waals surface area (Å²) in [7, 11) is 1.30. The van der Waals surface area contributed by atoms with E-state index in [4.69, 9.17) is 11.6 Å². The predicted octanol–water partition coefficient (Wildman–Crippen LogP) is 4.34. The molecule has 2 N–H and O–H groups in total. The van der Waals surface area contributed by atoms with E-state index >= 15 is 0 Å². The number of nitrogens with one attached hydrogen (secondary N) is 2. The van der Waals surface area contributed by atoms with E-state index in [1.807, 2.05) is 0 Å². The maximum Gasteiger partial charge on any atom is 0.435 e. The molecule has 7 nitrogen and oxygen atoms in total. The number of imidazole rings is 1. The first-order chi connectivity index (χ1) is 13.3. The number of H-pyrrole nitrogens is 1. The van der Waals surface area contributed by atoms with E-state index in [9.17, 15) is 18.0 Å². The number of carbonyl (C=O) groups is 1. The molecular weight excluding hydrogens is 417 g/mol. The largest absolute Gasteiger partial charge is 0.435 e. The maximum atomic E-state index is 13.4. The first-order valence-corrected chi connectivity index (χ1v) is 9.01. The lowest BCUT2D eigenvalue weighted by atomic mass is 10.2. The molecule has 0 unspecified atom stereocenters. The summed E-state index contributed by atoms with van der Waals surface area (Å²) in [5.41, 5.74) is -0.759. The van der Waals surface area contributed by atoms with Crippen LogP contribution in [-0.4, -0.2) is 30.6 Å². The van der Waals surface area contributed by atoms with Crippen molar-refractivity contribution in [2.45, 2.75) is 6.18 Å². The zero-order valence-corrected chi connectivity index (χ0v) is 15.6. The maximum absolute atomic E-state index is 13.4. The van der Waals surface area contributed by atoms with Gasteiger partial charge in [-0.05, 0) is 12.1 Å². The molecule has 0 saturated carbocycles. The minimum absolute atomic E-state index is 0.130. The number of aromatic amines is 1. The molecule has 0 fully saturated rings. The number of alkyl halides is 3. The number of rotatable bonds is 3. The molecule has 0 bridgehead atoms. The summed E-state index contributed by atoms with van der Waals surface area (Å²) >= 11 is 7.27. The third-order valence-corrected chi connectivity index (χ3v) is 5.01. The van der Waals surface area contributed by atoms with Gasteiger partial charge in [-0.25, -0.2) is 9.97 Å². The summed E-state index contributed by atoms with van der Waals surface area (Å²) in [5, 5.41) is 7.95. The van der Waals surface area contributed by atoms with E-state index in [0.717, 1.165) is 4.68 Å². The summed E-state index contributed by atoms with van der Waals surface area (Å²) in [4.78, 5) is 23.5. The number of thiazole rings is 1. The van der Waals surface area contributed by atoms with Crippen LogP contribution in [0.1, 0.15) is 16.1 Å². The topological polar surface area (TPSA) is 88.5 Å². The van der Waals surface area contributed by atoms with E-state index in [-0.39, 0.29) is 27.6 Å². The van der Waals surface area contributed by atoms with Gasteiger partial charge in [0.15, 0.2) is 10.8 Å². The number of nitrogens with zero attached hydrogens (tertiary/aromatic N) is 4. The second kappa shape index (κ2) is 6.60. The minimum atomic E-state index is -4.72. The molecule has 0 atom stereocenters. The zero-order valence-electron chi connectivity index (χ0n) is 14.0. The fourth-order valence-corrected chi connectivity index (χ4v) is 3.44. The molecule has 4 aromatic rings. The highest BCUT2D eigenvalue weighted by molar-refractivity contribution is 7.13. The number of benzene rings is 1. The quantitative estimate of drug-likeness (QED) is 0.510. The van der Waals surface area contributed by atoms with Crippen LogP contribution in [0.5, 0.6) is 0 Å². The Kier molecular flexibility index (Phi) is 4.35. The second-order valence-corrected chi connectivity index (χ2v) is 6.97. The third kappa shape index (κ3) is 3.12. The fraction of sp³-hybridized carbons (Fsp3) is 0.125. The molecule has 0 aliphatic carbocycles. The molecule has 3 aromatic heterocycles. The Morgan fingerprint density at radius 3 is 2.82 bits per heavy atom. The molecule has 0 spiro atoms. The van der Waals surface area contributed by atoms with Gasteiger partial charge in [-0.3, -0.25) is 14.8 Å². The standard InChI is InChI=1S/C16H10ClF3N6OS/c1-26-12(17)9(11(25-26)16(18,19)20)13-22-8-4-2-3-7(10(8)23-13)14(27)24-15-21-5-6-28-15/h2-6H,1H3,(H,22,23)(H,21,24,27). The summed E-state index contributed by atoms with van der Waals surface area (Å²) in [6.07, 6.45) is -3.18. The van der Waals surface area contributed by atoms with E-state index in [0.29, 0.717) is 10.6 Å². The van der Waals surface area contributed by atoms with Crippen molar-refractivity contribution in [3.63, 3.8) is 0 Å². The van der Waals surface area contributed by atoms with Gasteiger partial charge in [-0.2, -0.15) is 18.3 Å². The summed E-state index contributed by atoms with van der Waals surface area (Å²) < 4.78 is 41.0. The van der Waals surface area contributed by atoms with Crippen LogP contribution in [0.15, 0.2) is 29.8 Å². The van der Waals surface area contributed by atoms with Crippen LogP contribution in [0, 0.1) is 0 Å². The van der Waals surface area contributed by atoms with E-state index in [1.165, 1.54) is 30.6 Å². The Hall–Kier alpha value is -2.92. The predicted molar refractivity (Wildman–Crippen MR) is 98.4 cm³/mol. The van der Waals surface area contributed by atoms with Crippen LogP contribution in [0.3, 0.4) is 0 Å². The van der Waals surface area contributed by atoms with Crippen molar-refractivity contribution >= 4 is 45.0 Å². The van der Waals surface area contributed by atoms with Crippen LogP contribution in [-0.2, 0) is 13.2 Å². The van der Waals surface area contributed by atoms with Crippen LogP contribution in [0.25, 0.3) is 22.4 Å². The lowest BCUT2D eigenvalue weighted by Gasteiger charge is -2.04. The highest BCUT2D eigenvalue weighted by Crippen LogP contribution is 2.39. The molecule has 12 heteroatoms. The first kappa shape index (κ1) is 18.4. The van der Waals surface area contributed by atoms with E-state index in [1.54, 1.807) is 17.5 Å². The van der Waals surface area contributed by atoms with E-state index < -0.39 is 17.8 Å². The summed E-state index contributed by atoms with van der Waals surface area (Å²) in [6.45, 7) is 0. The highest BCUT2D eigenvalue weighted by atomic mass is 35.5. The van der Waals surface area contributed by atoms with Crippen molar-refractivity contribution in [3.05, 3.63) is 46.2 Å². The number of hydrogen-bond acceptors (Lipinski definition) is 5. The Morgan fingerprint density at radius 2 is 2.14 bits per heavy atom. The Labute approximate surface area is 164 Å². The normalized spacial score (nSPS) is 11.9. The molecular formula is C16H10ClF3N6OS. The number of halogens is 4. The number of amides is 1. The van der Waals surface area contributed by atoms with Gasteiger partial charge in [0.05, 0.1) is 16.6 Å². The Bertz CT molecular complexity index is 1180. The zero-order chi connectivity index (χ0) is 20.1. The first-order valence-electron chi connectivity index (χ1n) is 7.75. The molecule has 0 aliphatic heterocycles. The van der Waals surface area contributed by atoms with Gasteiger partial charge in [0, 0.05) is 18.6 Å². The molecule has 144 valence electrons. The number of para-hydroxylation sites is 1. The molecule has 0 saturated heterocycles. The molecule has 3 heterocycles. The third-order valence-electron chi connectivity index (χ3n) is 3.89. The van der Waals surface area contributed by atoms with Crippen molar-refractivity contribution in [1.29, 1.82) is 0 Å². The fourth-order valence-electron chi connectivity index (χ4n) is 2.70. The lowest BCUT2D eigenvalue weighted by molar-refractivity contribution is -0.141. The highest BCUT2D eigenvalue weighted by Gasteiger charge is 2.40. The smallest absolute Gasteiger partial charge is 0.338 e. The molecule has 0 radical (unpaired) electrons. The monoisotopic (exact) mass is 426 g/mol. The lowest BCUT2D eigenvalue weighted by Crippen LogP contribution is -2.12. The van der Waals surface area contributed by atoms with Gasteiger partial charge < -0.3 is 4.98 Å². The number of carbonyl (C=O) groups excluding carboxylic acids is 1. The molecule has 0 aliphatic rings. The van der Waals surface area contributed by atoms with Gasteiger partial charge in [-0.1, -0.05) is 17.7 Å². The van der Waals surface area contributed by atoms with E-state index in [2.05, 4.69) is 25.4 Å². The molecule has 28 heavy (non-hydrogen) atoms. The van der Waals surface area contributed by atoms with Crippen LogP contribution < -0.4 is 5.32 Å². The second-order valence-electron chi connectivity index (χ2n) is 5.71. The Morgan fingerprint density at radius 1 is 1.36 bits per heavy atom. The number of fused-ring (bicyclic) bond motifs is 1. The SMILES string of the molecule is Cn1nc(C(F)(F)F)c(-c2nc3c(C(=O)Nc4nccs4)cccc3[nH]2)c1Cl.